The molecule has 3 nitrogen and oxygen atoms in total. The van der Waals surface area contributed by atoms with Crippen LogP contribution in [0.15, 0.2) is 36.5 Å². The molecule has 0 saturated carbocycles. The zero-order valence-corrected chi connectivity index (χ0v) is 12.5. The summed E-state index contributed by atoms with van der Waals surface area (Å²) in [6, 6.07) is 10.4. The Kier molecular flexibility index (Phi) is 3.93. The van der Waals surface area contributed by atoms with Crippen molar-refractivity contribution in [2.24, 2.45) is 5.92 Å². The van der Waals surface area contributed by atoms with Crippen LogP contribution in [-0.4, -0.2) is 17.2 Å². The van der Waals surface area contributed by atoms with Gasteiger partial charge in [-0.3, -0.25) is 4.98 Å². The van der Waals surface area contributed by atoms with Crippen molar-refractivity contribution in [3.63, 3.8) is 0 Å². The molecule has 3 heteroatoms. The van der Waals surface area contributed by atoms with Gasteiger partial charge in [-0.15, -0.1) is 0 Å². The largest absolute Gasteiger partial charge is 0.497 e. The van der Waals surface area contributed by atoms with Crippen LogP contribution >= 0.6 is 0 Å². The number of aliphatic hydroxyl groups excluding tert-OH is 1. The third kappa shape index (κ3) is 3.08. The summed E-state index contributed by atoms with van der Waals surface area (Å²) in [5.74, 6) is 1.34. The third-order valence-electron chi connectivity index (χ3n) is 4.20. The Morgan fingerprint density at radius 1 is 1.29 bits per heavy atom. The van der Waals surface area contributed by atoms with Gasteiger partial charge in [0, 0.05) is 6.20 Å². The summed E-state index contributed by atoms with van der Waals surface area (Å²) in [5, 5.41) is 10.3. The molecular formula is C18H21NO2. The summed E-state index contributed by atoms with van der Waals surface area (Å²) in [4.78, 5) is 4.40. The number of pyridine rings is 1. The van der Waals surface area contributed by atoms with Gasteiger partial charge in [-0.05, 0) is 60.9 Å². The van der Waals surface area contributed by atoms with Crippen LogP contribution < -0.4 is 4.74 Å². The molecule has 1 N–H and O–H groups in total. The first-order chi connectivity index (χ1) is 10.2. The number of hydrogen-bond acceptors (Lipinski definition) is 3. The van der Waals surface area contributed by atoms with Crippen LogP contribution in [0.5, 0.6) is 5.75 Å². The molecule has 0 spiro atoms. The summed E-state index contributed by atoms with van der Waals surface area (Å²) in [6.45, 7) is 2.05. The fraction of sp³-hybridized carbons (Fsp3) is 0.389. The summed E-state index contributed by atoms with van der Waals surface area (Å²) >= 11 is 0. The van der Waals surface area contributed by atoms with Crippen LogP contribution in [0.4, 0.5) is 0 Å². The zero-order valence-electron chi connectivity index (χ0n) is 12.5. The number of aromatic nitrogens is 1. The van der Waals surface area contributed by atoms with Crippen LogP contribution in [0, 0.1) is 12.8 Å². The molecule has 2 aromatic rings. The van der Waals surface area contributed by atoms with Gasteiger partial charge < -0.3 is 9.84 Å². The monoisotopic (exact) mass is 283 g/mol. The van der Waals surface area contributed by atoms with Crippen molar-refractivity contribution in [1.82, 2.24) is 4.98 Å². The molecule has 2 atom stereocenters. The van der Waals surface area contributed by atoms with Gasteiger partial charge in [0.15, 0.2) is 0 Å². The molecule has 1 aliphatic carbocycles. The highest BCUT2D eigenvalue weighted by Crippen LogP contribution is 2.34. The van der Waals surface area contributed by atoms with Crippen molar-refractivity contribution in [3.8, 4) is 5.75 Å². The maximum atomic E-state index is 10.3. The van der Waals surface area contributed by atoms with Crippen molar-refractivity contribution in [2.45, 2.75) is 32.3 Å². The number of hydrogen-bond donors (Lipinski definition) is 1. The summed E-state index contributed by atoms with van der Waals surface area (Å²) in [6.07, 6.45) is 4.17. The Morgan fingerprint density at radius 3 is 2.76 bits per heavy atom. The maximum absolute atomic E-state index is 10.3. The number of benzene rings is 1. The molecule has 110 valence electrons. The minimum absolute atomic E-state index is 0.433. The standard InChI is InChI=1S/C18H21NO2/c1-12-7-15-9-14(10-17(20)18(15)19-11-12)8-13-3-5-16(21-2)6-4-13/h3-7,11,14,17,20H,8-10H2,1-2H3/t14-,17+/m0/s1. The predicted octanol–water partition coefficient (Wildman–Crippen LogP) is 3.24. The number of aliphatic hydroxyl groups is 1. The lowest BCUT2D eigenvalue weighted by Gasteiger charge is -2.28. The number of ether oxygens (including phenoxy) is 1. The Morgan fingerprint density at radius 2 is 2.05 bits per heavy atom. The van der Waals surface area contributed by atoms with Crippen LogP contribution in [0.25, 0.3) is 0 Å². The smallest absolute Gasteiger partial charge is 0.118 e. The zero-order chi connectivity index (χ0) is 14.8. The van der Waals surface area contributed by atoms with Gasteiger partial charge in [0.25, 0.3) is 0 Å². The summed E-state index contributed by atoms with van der Waals surface area (Å²) in [7, 11) is 1.68. The molecule has 1 heterocycles. The van der Waals surface area contributed by atoms with Gasteiger partial charge in [-0.25, -0.2) is 0 Å². The quantitative estimate of drug-likeness (QED) is 0.940. The van der Waals surface area contributed by atoms with Crippen molar-refractivity contribution in [2.75, 3.05) is 7.11 Å². The van der Waals surface area contributed by atoms with Crippen LogP contribution in [0.2, 0.25) is 0 Å². The molecule has 1 aliphatic rings. The second-order valence-electron chi connectivity index (χ2n) is 5.93. The lowest BCUT2D eigenvalue weighted by molar-refractivity contribution is 0.127. The number of aryl methyl sites for hydroxylation is 1. The van der Waals surface area contributed by atoms with E-state index < -0.39 is 6.10 Å². The van der Waals surface area contributed by atoms with Crippen molar-refractivity contribution >= 4 is 0 Å². The topological polar surface area (TPSA) is 42.4 Å². The van der Waals surface area contributed by atoms with Crippen LogP contribution in [0.3, 0.4) is 0 Å². The van der Waals surface area contributed by atoms with E-state index in [0.717, 1.165) is 36.3 Å². The lowest BCUT2D eigenvalue weighted by atomic mass is 9.81. The Balaban J connectivity index is 1.75. The molecule has 3 rings (SSSR count). The lowest BCUT2D eigenvalue weighted by Crippen LogP contribution is -2.21. The first kappa shape index (κ1) is 14.1. The van der Waals surface area contributed by atoms with Crippen molar-refractivity contribution < 1.29 is 9.84 Å². The number of methoxy groups -OCH3 is 1. The summed E-state index contributed by atoms with van der Waals surface area (Å²) in [5.41, 5.74) is 4.52. The first-order valence-corrected chi connectivity index (χ1v) is 7.42. The van der Waals surface area contributed by atoms with E-state index in [1.165, 1.54) is 11.1 Å². The van der Waals surface area contributed by atoms with E-state index in [9.17, 15) is 5.11 Å². The van der Waals surface area contributed by atoms with Crippen LogP contribution in [-0.2, 0) is 12.8 Å². The fourth-order valence-corrected chi connectivity index (χ4v) is 3.18. The second-order valence-corrected chi connectivity index (χ2v) is 5.93. The van der Waals surface area contributed by atoms with E-state index in [4.69, 9.17) is 4.74 Å². The van der Waals surface area contributed by atoms with E-state index in [2.05, 4.69) is 23.2 Å². The molecule has 0 fully saturated rings. The predicted molar refractivity (Wildman–Crippen MR) is 82.4 cm³/mol. The molecule has 0 radical (unpaired) electrons. The van der Waals surface area contributed by atoms with Crippen molar-refractivity contribution in [3.05, 3.63) is 58.9 Å². The minimum atomic E-state index is -0.433. The first-order valence-electron chi connectivity index (χ1n) is 7.42. The van der Waals surface area contributed by atoms with E-state index in [1.54, 1.807) is 7.11 Å². The van der Waals surface area contributed by atoms with E-state index in [-0.39, 0.29) is 0 Å². The Labute approximate surface area is 125 Å². The average Bonchev–Trinajstić information content (AvgIpc) is 2.47. The Hall–Kier alpha value is -1.87. The number of rotatable bonds is 3. The Bertz CT molecular complexity index is 622. The molecule has 21 heavy (non-hydrogen) atoms. The molecular weight excluding hydrogens is 262 g/mol. The number of nitrogens with zero attached hydrogens (tertiary/aromatic N) is 1. The fourth-order valence-electron chi connectivity index (χ4n) is 3.18. The van der Waals surface area contributed by atoms with Gasteiger partial charge in [0.05, 0.1) is 18.9 Å². The van der Waals surface area contributed by atoms with Gasteiger partial charge in [-0.2, -0.15) is 0 Å². The number of fused-ring (bicyclic) bond motifs is 1. The van der Waals surface area contributed by atoms with Crippen LogP contribution in [0.1, 0.15) is 34.9 Å². The average molecular weight is 283 g/mol. The SMILES string of the molecule is COc1ccc(C[C@H]2Cc3cc(C)cnc3[C@H](O)C2)cc1. The van der Waals surface area contributed by atoms with Gasteiger partial charge >= 0.3 is 0 Å². The normalized spacial score (nSPS) is 20.9. The molecule has 0 aliphatic heterocycles. The van der Waals surface area contributed by atoms with Gasteiger partial charge in [0.2, 0.25) is 0 Å². The highest BCUT2D eigenvalue weighted by molar-refractivity contribution is 5.31. The van der Waals surface area contributed by atoms with E-state index in [0.29, 0.717) is 5.92 Å². The molecule has 1 aromatic heterocycles. The highest BCUT2D eigenvalue weighted by Gasteiger charge is 2.26. The third-order valence-corrected chi connectivity index (χ3v) is 4.20. The maximum Gasteiger partial charge on any atom is 0.118 e. The molecule has 0 amide bonds. The highest BCUT2D eigenvalue weighted by atomic mass is 16.5. The van der Waals surface area contributed by atoms with Gasteiger partial charge in [-0.1, -0.05) is 18.2 Å². The summed E-state index contributed by atoms with van der Waals surface area (Å²) < 4.78 is 5.19. The molecule has 0 bridgehead atoms. The van der Waals surface area contributed by atoms with E-state index >= 15 is 0 Å². The van der Waals surface area contributed by atoms with E-state index in [1.807, 2.05) is 25.3 Å². The molecule has 1 aromatic carbocycles. The molecule has 0 unspecified atom stereocenters. The molecule has 0 saturated heterocycles. The van der Waals surface area contributed by atoms with Crippen molar-refractivity contribution in [1.29, 1.82) is 0 Å². The minimum Gasteiger partial charge on any atom is -0.497 e. The second kappa shape index (κ2) is 5.86. The van der Waals surface area contributed by atoms with Gasteiger partial charge in [0.1, 0.15) is 5.75 Å².